The van der Waals surface area contributed by atoms with Crippen LogP contribution in [0.2, 0.25) is 0 Å². The number of benzene rings is 1. The number of aliphatic hydroxyl groups is 1. The van der Waals surface area contributed by atoms with Gasteiger partial charge in [-0.2, -0.15) is 0 Å². The van der Waals surface area contributed by atoms with E-state index in [1.807, 2.05) is 6.92 Å². The van der Waals surface area contributed by atoms with Crippen molar-refractivity contribution in [1.82, 2.24) is 4.72 Å². The van der Waals surface area contributed by atoms with Gasteiger partial charge < -0.3 is 5.11 Å². The SMILES string of the molecule is Cc1ccc(S(=O)(=O)NC2(CO)CCC2)cc1. The Bertz CT molecular complexity index is 483. The maximum atomic E-state index is 12.1. The number of aryl methyl sites for hydroxylation is 1. The number of aliphatic hydroxyl groups excluding tert-OH is 1. The van der Waals surface area contributed by atoms with Crippen LogP contribution in [0.1, 0.15) is 24.8 Å². The minimum Gasteiger partial charge on any atom is -0.394 e. The third kappa shape index (κ3) is 2.51. The van der Waals surface area contributed by atoms with Crippen LogP contribution in [0, 0.1) is 6.92 Å². The average molecular weight is 255 g/mol. The fourth-order valence-electron chi connectivity index (χ4n) is 1.96. The number of hydrogen-bond acceptors (Lipinski definition) is 3. The summed E-state index contributed by atoms with van der Waals surface area (Å²) in [5.74, 6) is 0. The summed E-state index contributed by atoms with van der Waals surface area (Å²) < 4.78 is 26.8. The van der Waals surface area contributed by atoms with E-state index < -0.39 is 15.6 Å². The van der Waals surface area contributed by atoms with Crippen LogP contribution >= 0.6 is 0 Å². The van der Waals surface area contributed by atoms with Gasteiger partial charge in [-0.15, -0.1) is 0 Å². The lowest BCUT2D eigenvalue weighted by atomic mass is 9.78. The first-order valence-corrected chi connectivity index (χ1v) is 7.17. The van der Waals surface area contributed by atoms with Crippen LogP contribution in [0.25, 0.3) is 0 Å². The second-order valence-electron chi connectivity index (χ2n) is 4.71. The normalized spacial score (nSPS) is 18.7. The highest BCUT2D eigenvalue weighted by molar-refractivity contribution is 7.89. The summed E-state index contributed by atoms with van der Waals surface area (Å²) in [5, 5.41) is 9.26. The van der Waals surface area contributed by atoms with Crippen molar-refractivity contribution in [2.24, 2.45) is 0 Å². The minimum absolute atomic E-state index is 0.141. The smallest absolute Gasteiger partial charge is 0.241 e. The molecule has 2 rings (SSSR count). The summed E-state index contributed by atoms with van der Waals surface area (Å²) in [7, 11) is -3.52. The van der Waals surface area contributed by atoms with E-state index in [9.17, 15) is 13.5 Å². The van der Waals surface area contributed by atoms with E-state index in [1.165, 1.54) is 0 Å². The minimum atomic E-state index is -3.52. The molecule has 4 nitrogen and oxygen atoms in total. The van der Waals surface area contributed by atoms with E-state index >= 15 is 0 Å². The Labute approximate surface area is 102 Å². The molecule has 1 aliphatic rings. The zero-order chi connectivity index (χ0) is 12.5. The molecule has 0 saturated heterocycles. The number of hydrogen-bond donors (Lipinski definition) is 2. The van der Waals surface area contributed by atoms with Gasteiger partial charge in [-0.3, -0.25) is 0 Å². The van der Waals surface area contributed by atoms with Crippen molar-refractivity contribution in [3.05, 3.63) is 29.8 Å². The Morgan fingerprint density at radius 1 is 1.29 bits per heavy atom. The lowest BCUT2D eigenvalue weighted by Crippen LogP contribution is -2.55. The molecule has 1 aliphatic carbocycles. The first-order valence-electron chi connectivity index (χ1n) is 5.69. The zero-order valence-electron chi connectivity index (χ0n) is 9.81. The molecule has 0 heterocycles. The van der Waals surface area contributed by atoms with Crippen LogP contribution in [-0.4, -0.2) is 25.7 Å². The molecule has 0 aliphatic heterocycles. The molecule has 0 atom stereocenters. The van der Waals surface area contributed by atoms with E-state index in [0.717, 1.165) is 12.0 Å². The number of sulfonamides is 1. The van der Waals surface area contributed by atoms with Crippen LogP contribution in [0.5, 0.6) is 0 Å². The van der Waals surface area contributed by atoms with Crippen LogP contribution in [0.4, 0.5) is 0 Å². The highest BCUT2D eigenvalue weighted by atomic mass is 32.2. The maximum absolute atomic E-state index is 12.1. The summed E-state index contributed by atoms with van der Waals surface area (Å²) in [4.78, 5) is 0.253. The van der Waals surface area contributed by atoms with Crippen molar-refractivity contribution in [3.63, 3.8) is 0 Å². The summed E-state index contributed by atoms with van der Waals surface area (Å²) in [5.41, 5.74) is 0.383. The topological polar surface area (TPSA) is 66.4 Å². The van der Waals surface area contributed by atoms with Gasteiger partial charge in [0.1, 0.15) is 0 Å². The first kappa shape index (κ1) is 12.5. The second-order valence-corrected chi connectivity index (χ2v) is 6.39. The Hall–Kier alpha value is -0.910. The average Bonchev–Trinajstić information content (AvgIpc) is 2.24. The van der Waals surface area contributed by atoms with Crippen molar-refractivity contribution < 1.29 is 13.5 Å². The van der Waals surface area contributed by atoms with Gasteiger partial charge in [-0.25, -0.2) is 13.1 Å². The van der Waals surface area contributed by atoms with Gasteiger partial charge in [0.05, 0.1) is 17.0 Å². The molecule has 0 unspecified atom stereocenters. The quantitative estimate of drug-likeness (QED) is 0.849. The van der Waals surface area contributed by atoms with Crippen molar-refractivity contribution in [2.75, 3.05) is 6.61 Å². The van der Waals surface area contributed by atoms with Crippen LogP contribution in [-0.2, 0) is 10.0 Å². The lowest BCUT2D eigenvalue weighted by molar-refractivity contribution is 0.110. The van der Waals surface area contributed by atoms with Crippen molar-refractivity contribution in [1.29, 1.82) is 0 Å². The summed E-state index contributed by atoms with van der Waals surface area (Å²) in [6, 6.07) is 6.70. The van der Waals surface area contributed by atoms with E-state index in [1.54, 1.807) is 24.3 Å². The maximum Gasteiger partial charge on any atom is 0.241 e. The van der Waals surface area contributed by atoms with Gasteiger partial charge in [-0.1, -0.05) is 17.7 Å². The van der Waals surface area contributed by atoms with Crippen molar-refractivity contribution >= 4 is 10.0 Å². The molecule has 94 valence electrons. The fourth-order valence-corrected chi connectivity index (χ4v) is 3.41. The molecule has 1 saturated carbocycles. The van der Waals surface area contributed by atoms with E-state index in [2.05, 4.69) is 4.72 Å². The molecule has 5 heteroatoms. The standard InChI is InChI=1S/C12H17NO3S/c1-10-3-5-11(6-4-10)17(15,16)13-12(9-14)7-2-8-12/h3-6,13-14H,2,7-9H2,1H3. The number of nitrogens with one attached hydrogen (secondary N) is 1. The van der Waals surface area contributed by atoms with E-state index in [4.69, 9.17) is 0 Å². The number of rotatable bonds is 4. The molecule has 17 heavy (non-hydrogen) atoms. The molecule has 0 amide bonds. The highest BCUT2D eigenvalue weighted by Crippen LogP contribution is 2.32. The summed E-state index contributed by atoms with van der Waals surface area (Å²) in [6.07, 6.45) is 2.36. The second kappa shape index (κ2) is 4.40. The third-order valence-electron chi connectivity index (χ3n) is 3.30. The zero-order valence-corrected chi connectivity index (χ0v) is 10.6. The Morgan fingerprint density at radius 3 is 2.29 bits per heavy atom. The molecular weight excluding hydrogens is 238 g/mol. The van der Waals surface area contributed by atoms with Gasteiger partial charge in [-0.05, 0) is 38.3 Å². The predicted molar refractivity (Wildman–Crippen MR) is 65.2 cm³/mol. The predicted octanol–water partition coefficient (Wildman–Crippen LogP) is 1.19. The summed E-state index contributed by atoms with van der Waals surface area (Å²) >= 11 is 0. The Kier molecular flexibility index (Phi) is 3.25. The lowest BCUT2D eigenvalue weighted by Gasteiger charge is -2.40. The van der Waals surface area contributed by atoms with Gasteiger partial charge >= 0.3 is 0 Å². The van der Waals surface area contributed by atoms with Crippen molar-refractivity contribution in [2.45, 2.75) is 36.6 Å². The molecule has 1 fully saturated rings. The molecule has 0 aromatic heterocycles. The molecular formula is C12H17NO3S. The van der Waals surface area contributed by atoms with Crippen LogP contribution < -0.4 is 4.72 Å². The van der Waals surface area contributed by atoms with Crippen LogP contribution in [0.3, 0.4) is 0 Å². The monoisotopic (exact) mass is 255 g/mol. The molecule has 1 aromatic rings. The van der Waals surface area contributed by atoms with Gasteiger partial charge in [0.25, 0.3) is 0 Å². The molecule has 0 spiro atoms. The fraction of sp³-hybridized carbons (Fsp3) is 0.500. The van der Waals surface area contributed by atoms with Gasteiger partial charge in [0.15, 0.2) is 0 Å². The van der Waals surface area contributed by atoms with Crippen molar-refractivity contribution in [3.8, 4) is 0 Å². The van der Waals surface area contributed by atoms with Crippen LogP contribution in [0.15, 0.2) is 29.2 Å². The molecule has 2 N–H and O–H groups in total. The third-order valence-corrected chi connectivity index (χ3v) is 4.89. The van der Waals surface area contributed by atoms with E-state index in [-0.39, 0.29) is 11.5 Å². The highest BCUT2D eigenvalue weighted by Gasteiger charge is 2.40. The molecule has 0 bridgehead atoms. The van der Waals surface area contributed by atoms with Gasteiger partial charge in [0.2, 0.25) is 10.0 Å². The molecule has 0 radical (unpaired) electrons. The largest absolute Gasteiger partial charge is 0.394 e. The molecule has 1 aromatic carbocycles. The Morgan fingerprint density at radius 2 is 1.88 bits per heavy atom. The van der Waals surface area contributed by atoms with E-state index in [0.29, 0.717) is 12.8 Å². The first-order chi connectivity index (χ1) is 7.97. The summed E-state index contributed by atoms with van der Waals surface area (Å²) in [6.45, 7) is 1.77. The Balaban J connectivity index is 2.22. The van der Waals surface area contributed by atoms with Gasteiger partial charge in [0, 0.05) is 0 Å².